The molecule has 2 aromatic heterocycles. The summed E-state index contributed by atoms with van der Waals surface area (Å²) in [6, 6.07) is -0.800. The molecule has 0 aliphatic heterocycles. The van der Waals surface area contributed by atoms with Crippen molar-refractivity contribution in [3.8, 4) is 0 Å². The summed E-state index contributed by atoms with van der Waals surface area (Å²) in [7, 11) is 1.48. The molecule has 0 aliphatic rings. The molecule has 0 radical (unpaired) electrons. The summed E-state index contributed by atoms with van der Waals surface area (Å²) in [5.41, 5.74) is -1.32. The molecule has 1 unspecified atom stereocenters. The zero-order valence-corrected chi connectivity index (χ0v) is 10.5. The molecule has 0 spiro atoms. The van der Waals surface area contributed by atoms with Gasteiger partial charge in [0.2, 0.25) is 0 Å². The second-order valence-corrected chi connectivity index (χ2v) is 4.39. The van der Waals surface area contributed by atoms with Crippen LogP contribution in [0.1, 0.15) is 13.0 Å². The average Bonchev–Trinajstić information content (AvgIpc) is 2.66. The topological polar surface area (TPSA) is 70.1 Å². The molecule has 0 saturated carbocycles. The van der Waals surface area contributed by atoms with Crippen LogP contribution in [-0.4, -0.2) is 20.2 Å². The number of rotatable bonds is 2. The zero-order chi connectivity index (χ0) is 15.2. The number of nitrogens with zero attached hydrogens (tertiary/aromatic N) is 3. The molecule has 1 atom stereocenters. The van der Waals surface area contributed by atoms with E-state index in [0.717, 1.165) is 19.3 Å². The Bertz CT molecular complexity index is 745. The largest absolute Gasteiger partial charge is 0.408 e. The number of aryl methyl sites for hydroxylation is 1. The van der Waals surface area contributed by atoms with E-state index in [1.807, 2.05) is 0 Å². The summed E-state index contributed by atoms with van der Waals surface area (Å²) >= 11 is 0. The molecule has 0 aromatic carbocycles. The molecule has 2 rings (SSSR count). The van der Waals surface area contributed by atoms with E-state index in [9.17, 15) is 28.1 Å². The van der Waals surface area contributed by atoms with Crippen molar-refractivity contribution >= 4 is 16.6 Å². The molecule has 2 heterocycles. The first kappa shape index (κ1) is 14.1. The van der Waals surface area contributed by atoms with Crippen LogP contribution < -0.4 is 5.56 Å². The van der Waals surface area contributed by atoms with Crippen LogP contribution in [-0.2, 0) is 7.05 Å². The summed E-state index contributed by atoms with van der Waals surface area (Å²) in [6.07, 6.45) is -2.51. The van der Waals surface area contributed by atoms with Crippen LogP contribution in [0.3, 0.4) is 0 Å². The Balaban J connectivity index is 2.80. The fraction of sp³-hybridized carbons (Fsp3) is 0.364. The van der Waals surface area contributed by atoms with Gasteiger partial charge in [0, 0.05) is 13.2 Å². The first-order chi connectivity index (χ1) is 9.14. The fourth-order valence-electron chi connectivity index (χ4n) is 1.99. The minimum atomic E-state index is -4.61. The quantitative estimate of drug-likeness (QED) is 0.629. The van der Waals surface area contributed by atoms with Gasteiger partial charge in [-0.05, 0) is 13.0 Å². The van der Waals surface area contributed by atoms with Crippen molar-refractivity contribution in [3.05, 3.63) is 38.9 Å². The summed E-state index contributed by atoms with van der Waals surface area (Å²) in [5, 5.41) is 10.6. The van der Waals surface area contributed by atoms with Crippen molar-refractivity contribution in [2.24, 2.45) is 7.05 Å². The highest BCUT2D eigenvalue weighted by Crippen LogP contribution is 2.30. The molecule has 0 fully saturated rings. The molecule has 0 aliphatic carbocycles. The number of aromatic nitrogens is 2. The van der Waals surface area contributed by atoms with Crippen molar-refractivity contribution < 1.29 is 18.1 Å². The number of alkyl halides is 3. The minimum Gasteiger partial charge on any atom is -0.344 e. The van der Waals surface area contributed by atoms with Crippen LogP contribution in [0, 0.1) is 10.1 Å². The Morgan fingerprint density at radius 2 is 2.00 bits per heavy atom. The van der Waals surface area contributed by atoms with E-state index < -0.39 is 28.4 Å². The first-order valence-electron chi connectivity index (χ1n) is 5.56. The maximum absolute atomic E-state index is 12.7. The molecule has 0 saturated heterocycles. The lowest BCUT2D eigenvalue weighted by atomic mass is 10.2. The molecule has 6 nitrogen and oxygen atoms in total. The van der Waals surface area contributed by atoms with Gasteiger partial charge in [-0.1, -0.05) is 0 Å². The number of pyridine rings is 1. The van der Waals surface area contributed by atoms with E-state index in [1.54, 1.807) is 0 Å². The van der Waals surface area contributed by atoms with E-state index in [2.05, 4.69) is 0 Å². The van der Waals surface area contributed by atoms with Crippen LogP contribution in [0.4, 0.5) is 18.9 Å². The van der Waals surface area contributed by atoms with Crippen LogP contribution >= 0.6 is 0 Å². The maximum atomic E-state index is 12.7. The molecular formula is C11H10F3N3O3. The Hall–Kier alpha value is -2.32. The average molecular weight is 289 g/mol. The fourth-order valence-corrected chi connectivity index (χ4v) is 1.99. The first-order valence-corrected chi connectivity index (χ1v) is 5.56. The van der Waals surface area contributed by atoms with Crippen molar-refractivity contribution in [3.63, 3.8) is 0 Å². The smallest absolute Gasteiger partial charge is 0.344 e. The van der Waals surface area contributed by atoms with E-state index in [0.29, 0.717) is 4.57 Å². The highest BCUT2D eigenvalue weighted by molar-refractivity contribution is 5.88. The zero-order valence-electron chi connectivity index (χ0n) is 10.5. The van der Waals surface area contributed by atoms with Crippen molar-refractivity contribution in [2.75, 3.05) is 0 Å². The van der Waals surface area contributed by atoms with Crippen molar-refractivity contribution in [1.29, 1.82) is 0 Å². The second kappa shape index (κ2) is 4.36. The third kappa shape index (κ3) is 2.04. The van der Waals surface area contributed by atoms with Gasteiger partial charge >= 0.3 is 6.18 Å². The van der Waals surface area contributed by atoms with E-state index >= 15 is 0 Å². The number of hydrogen-bond donors (Lipinski definition) is 0. The standard InChI is InChI=1S/C11H10F3N3O3/c1-6(11(12,13)14)16-4-3-7-9(10(16)18)8(17(19)20)5-15(7)2/h3-6H,1-2H3. The Morgan fingerprint density at radius 3 is 2.50 bits per heavy atom. The number of fused-ring (bicyclic) bond motifs is 1. The molecule has 108 valence electrons. The molecule has 9 heteroatoms. The molecule has 20 heavy (non-hydrogen) atoms. The van der Waals surface area contributed by atoms with Gasteiger partial charge in [0.1, 0.15) is 11.4 Å². The van der Waals surface area contributed by atoms with Gasteiger partial charge in [-0.25, -0.2) is 0 Å². The monoisotopic (exact) mass is 289 g/mol. The highest BCUT2D eigenvalue weighted by atomic mass is 19.4. The SMILES string of the molecule is CC(n1ccc2c(c([N+](=O)[O-])cn2C)c1=O)C(F)(F)F. The Labute approximate surface area is 110 Å². The predicted octanol–water partition coefficient (Wildman–Crippen LogP) is 2.37. The third-order valence-electron chi connectivity index (χ3n) is 3.14. The van der Waals surface area contributed by atoms with Gasteiger partial charge in [-0.3, -0.25) is 14.9 Å². The number of hydrogen-bond acceptors (Lipinski definition) is 3. The van der Waals surface area contributed by atoms with E-state index in [4.69, 9.17) is 0 Å². The molecule has 2 aromatic rings. The van der Waals surface area contributed by atoms with Gasteiger partial charge < -0.3 is 9.13 Å². The second-order valence-electron chi connectivity index (χ2n) is 4.39. The normalized spacial score (nSPS) is 13.7. The predicted molar refractivity (Wildman–Crippen MR) is 64.6 cm³/mol. The number of halogens is 3. The maximum Gasteiger partial charge on any atom is 0.408 e. The van der Waals surface area contributed by atoms with Crippen molar-refractivity contribution in [1.82, 2.24) is 9.13 Å². The summed E-state index contributed by atoms with van der Waals surface area (Å²) in [6.45, 7) is 0.821. The lowest BCUT2D eigenvalue weighted by Gasteiger charge is -2.18. The summed E-state index contributed by atoms with van der Waals surface area (Å²) < 4.78 is 39.8. The number of nitro groups is 1. The lowest BCUT2D eigenvalue weighted by Crippen LogP contribution is -2.32. The van der Waals surface area contributed by atoms with Crippen molar-refractivity contribution in [2.45, 2.75) is 19.1 Å². The lowest BCUT2D eigenvalue weighted by molar-refractivity contribution is -0.383. The van der Waals surface area contributed by atoms with Crippen LogP contribution in [0.15, 0.2) is 23.3 Å². The van der Waals surface area contributed by atoms with Gasteiger partial charge in [0.25, 0.3) is 11.2 Å². The van der Waals surface area contributed by atoms with E-state index in [1.165, 1.54) is 17.7 Å². The van der Waals surface area contributed by atoms with Crippen LogP contribution in [0.25, 0.3) is 10.9 Å². The van der Waals surface area contributed by atoms with Gasteiger partial charge in [-0.2, -0.15) is 13.2 Å². The summed E-state index contributed by atoms with van der Waals surface area (Å²) in [5.74, 6) is 0. The molecular weight excluding hydrogens is 279 g/mol. The molecule has 0 N–H and O–H groups in total. The minimum absolute atomic E-state index is 0.215. The summed E-state index contributed by atoms with van der Waals surface area (Å²) in [4.78, 5) is 22.2. The Kier molecular flexibility index (Phi) is 3.07. The van der Waals surface area contributed by atoms with Gasteiger partial charge in [-0.15, -0.1) is 0 Å². The van der Waals surface area contributed by atoms with Gasteiger partial charge in [0.15, 0.2) is 0 Å². The molecule has 0 bridgehead atoms. The van der Waals surface area contributed by atoms with Gasteiger partial charge in [0.05, 0.1) is 16.6 Å². The van der Waals surface area contributed by atoms with E-state index in [-0.39, 0.29) is 10.9 Å². The third-order valence-corrected chi connectivity index (χ3v) is 3.14. The van der Waals surface area contributed by atoms with Crippen LogP contribution in [0.5, 0.6) is 0 Å². The Morgan fingerprint density at radius 1 is 1.40 bits per heavy atom. The van der Waals surface area contributed by atoms with Crippen LogP contribution in [0.2, 0.25) is 0 Å². The highest BCUT2D eigenvalue weighted by Gasteiger charge is 2.38. The molecule has 0 amide bonds.